The third-order valence-electron chi connectivity index (χ3n) is 6.79. The Morgan fingerprint density at radius 1 is 1.09 bits per heavy atom. The molecule has 0 atom stereocenters. The lowest BCUT2D eigenvalue weighted by atomic mass is 9.96. The second-order valence-corrected chi connectivity index (χ2v) is 11.3. The molecule has 0 spiro atoms. The molecular formula is C26H34N4O3S. The Bertz CT molecular complexity index is 1260. The van der Waals surface area contributed by atoms with E-state index in [2.05, 4.69) is 25.3 Å². The van der Waals surface area contributed by atoms with E-state index in [0.29, 0.717) is 43.3 Å². The van der Waals surface area contributed by atoms with E-state index in [1.165, 1.54) is 4.31 Å². The second-order valence-electron chi connectivity index (χ2n) is 9.36. The van der Waals surface area contributed by atoms with Crippen molar-refractivity contribution in [2.75, 3.05) is 20.1 Å². The molecule has 0 N–H and O–H groups in total. The predicted molar refractivity (Wildman–Crippen MR) is 134 cm³/mol. The van der Waals surface area contributed by atoms with E-state index in [9.17, 15) is 13.2 Å². The lowest BCUT2D eigenvalue weighted by Gasteiger charge is -2.32. The molecule has 1 fully saturated rings. The molecule has 0 radical (unpaired) electrons. The number of aryl methyl sites for hydroxylation is 1. The average Bonchev–Trinajstić information content (AvgIpc) is 3.20. The molecule has 34 heavy (non-hydrogen) atoms. The molecule has 1 aliphatic heterocycles. The van der Waals surface area contributed by atoms with Gasteiger partial charge in [0.2, 0.25) is 15.9 Å². The van der Waals surface area contributed by atoms with E-state index in [1.54, 1.807) is 24.1 Å². The minimum Gasteiger partial charge on any atom is -0.338 e. The maximum atomic E-state index is 13.2. The molecular weight excluding hydrogens is 448 g/mol. The van der Waals surface area contributed by atoms with E-state index in [0.717, 1.165) is 29.0 Å². The van der Waals surface area contributed by atoms with Crippen molar-refractivity contribution < 1.29 is 13.2 Å². The molecule has 4 rings (SSSR count). The normalized spacial score (nSPS) is 15.8. The molecule has 0 saturated carbocycles. The first kappa shape index (κ1) is 24.4. The van der Waals surface area contributed by atoms with Crippen molar-refractivity contribution in [1.29, 1.82) is 0 Å². The number of para-hydroxylation sites is 2. The van der Waals surface area contributed by atoms with Gasteiger partial charge in [0.1, 0.15) is 5.82 Å². The van der Waals surface area contributed by atoms with Crippen molar-refractivity contribution in [1.82, 2.24) is 18.8 Å². The monoisotopic (exact) mass is 482 g/mol. The van der Waals surface area contributed by atoms with Crippen LogP contribution < -0.4 is 0 Å². The van der Waals surface area contributed by atoms with Crippen LogP contribution in [0.3, 0.4) is 0 Å². The number of nitrogens with zero attached hydrogens (tertiary/aromatic N) is 4. The lowest BCUT2D eigenvalue weighted by molar-refractivity contribution is -0.136. The molecule has 3 aromatic rings. The molecule has 2 aromatic carbocycles. The van der Waals surface area contributed by atoms with Crippen molar-refractivity contribution in [2.24, 2.45) is 5.92 Å². The number of rotatable bonds is 7. The van der Waals surface area contributed by atoms with Gasteiger partial charge in [0, 0.05) is 32.6 Å². The molecule has 1 amide bonds. The number of aromatic nitrogens is 2. The standard InChI is InChI=1S/C26H34N4O3S/c1-5-30-24-9-7-6-8-23(24)27-25(30)18-28(4)26(31)21-14-16-29(17-15-21)34(32,33)22-12-10-20(11-13-22)19(2)3/h6-13,19,21H,5,14-18H2,1-4H3. The molecule has 0 bridgehead atoms. The Morgan fingerprint density at radius 2 is 1.74 bits per heavy atom. The summed E-state index contributed by atoms with van der Waals surface area (Å²) in [5.41, 5.74) is 3.11. The first-order chi connectivity index (χ1) is 16.2. The van der Waals surface area contributed by atoms with Crippen molar-refractivity contribution in [3.8, 4) is 0 Å². The highest BCUT2D eigenvalue weighted by Crippen LogP contribution is 2.27. The molecule has 7 nitrogen and oxygen atoms in total. The zero-order chi connectivity index (χ0) is 24.5. The minimum absolute atomic E-state index is 0.0491. The topological polar surface area (TPSA) is 75.5 Å². The van der Waals surface area contributed by atoms with E-state index in [1.807, 2.05) is 36.4 Å². The van der Waals surface area contributed by atoms with E-state index >= 15 is 0 Å². The Balaban J connectivity index is 1.39. The van der Waals surface area contributed by atoms with Crippen LogP contribution in [-0.2, 0) is 27.9 Å². The SMILES string of the molecule is CCn1c(CN(C)C(=O)C2CCN(S(=O)(=O)c3ccc(C(C)C)cc3)CC2)nc2ccccc21. The van der Waals surface area contributed by atoms with Crippen LogP contribution in [0.5, 0.6) is 0 Å². The maximum Gasteiger partial charge on any atom is 0.243 e. The number of sulfonamides is 1. The van der Waals surface area contributed by atoms with Gasteiger partial charge in [0.25, 0.3) is 0 Å². The van der Waals surface area contributed by atoms with Gasteiger partial charge in [-0.05, 0) is 55.5 Å². The summed E-state index contributed by atoms with van der Waals surface area (Å²) < 4.78 is 29.8. The van der Waals surface area contributed by atoms with Gasteiger partial charge in [0.05, 0.1) is 22.5 Å². The minimum atomic E-state index is -3.55. The highest BCUT2D eigenvalue weighted by atomic mass is 32.2. The summed E-state index contributed by atoms with van der Waals surface area (Å²) in [7, 11) is -1.74. The van der Waals surface area contributed by atoms with Crippen LogP contribution in [0.2, 0.25) is 0 Å². The summed E-state index contributed by atoms with van der Waals surface area (Å²) in [5, 5.41) is 0. The fourth-order valence-electron chi connectivity index (χ4n) is 4.72. The van der Waals surface area contributed by atoms with Crippen molar-refractivity contribution >= 4 is 27.0 Å². The number of imidazole rings is 1. The molecule has 0 aliphatic carbocycles. The number of benzene rings is 2. The van der Waals surface area contributed by atoms with Crippen LogP contribution in [0, 0.1) is 5.92 Å². The van der Waals surface area contributed by atoms with Gasteiger partial charge in [-0.25, -0.2) is 13.4 Å². The van der Waals surface area contributed by atoms with Gasteiger partial charge < -0.3 is 9.47 Å². The molecule has 0 unspecified atom stereocenters. The molecule has 2 heterocycles. The number of fused-ring (bicyclic) bond motifs is 1. The number of carbonyl (C=O) groups is 1. The highest BCUT2D eigenvalue weighted by molar-refractivity contribution is 7.89. The number of hydrogen-bond acceptors (Lipinski definition) is 4. The van der Waals surface area contributed by atoms with Crippen LogP contribution in [0.4, 0.5) is 0 Å². The Morgan fingerprint density at radius 3 is 2.35 bits per heavy atom. The van der Waals surface area contributed by atoms with Crippen molar-refractivity contribution in [3.63, 3.8) is 0 Å². The fraction of sp³-hybridized carbons (Fsp3) is 0.462. The average molecular weight is 483 g/mol. The van der Waals surface area contributed by atoms with Crippen LogP contribution >= 0.6 is 0 Å². The summed E-state index contributed by atoms with van der Waals surface area (Å²) in [6.45, 7) is 8.17. The number of carbonyl (C=O) groups excluding carboxylic acids is 1. The number of piperidine rings is 1. The van der Waals surface area contributed by atoms with Crippen molar-refractivity contribution in [2.45, 2.75) is 57.5 Å². The van der Waals surface area contributed by atoms with Crippen LogP contribution in [0.15, 0.2) is 53.4 Å². The van der Waals surface area contributed by atoms with E-state index in [4.69, 9.17) is 4.98 Å². The summed E-state index contributed by atoms with van der Waals surface area (Å²) in [6, 6.07) is 15.1. The zero-order valence-electron chi connectivity index (χ0n) is 20.4. The van der Waals surface area contributed by atoms with Gasteiger partial charge in [-0.15, -0.1) is 0 Å². The second kappa shape index (κ2) is 9.88. The summed E-state index contributed by atoms with van der Waals surface area (Å²) in [5.74, 6) is 1.08. The molecule has 8 heteroatoms. The lowest BCUT2D eigenvalue weighted by Crippen LogP contribution is -2.43. The van der Waals surface area contributed by atoms with Crippen LogP contribution in [0.1, 0.15) is 50.9 Å². The zero-order valence-corrected chi connectivity index (χ0v) is 21.3. The quantitative estimate of drug-likeness (QED) is 0.505. The largest absolute Gasteiger partial charge is 0.338 e. The smallest absolute Gasteiger partial charge is 0.243 e. The van der Waals surface area contributed by atoms with Crippen molar-refractivity contribution in [3.05, 3.63) is 59.9 Å². The van der Waals surface area contributed by atoms with Gasteiger partial charge in [-0.2, -0.15) is 4.31 Å². The molecule has 1 aromatic heterocycles. The summed E-state index contributed by atoms with van der Waals surface area (Å²) in [6.07, 6.45) is 1.05. The predicted octanol–water partition coefficient (Wildman–Crippen LogP) is 4.24. The Labute approximate surface area is 202 Å². The van der Waals surface area contributed by atoms with Gasteiger partial charge in [-0.3, -0.25) is 4.79 Å². The third kappa shape index (κ3) is 4.74. The third-order valence-corrected chi connectivity index (χ3v) is 8.71. The Hall–Kier alpha value is -2.71. The van der Waals surface area contributed by atoms with Crippen LogP contribution in [0.25, 0.3) is 11.0 Å². The first-order valence-electron chi connectivity index (χ1n) is 12.0. The van der Waals surface area contributed by atoms with Gasteiger partial charge >= 0.3 is 0 Å². The highest BCUT2D eigenvalue weighted by Gasteiger charge is 2.33. The maximum absolute atomic E-state index is 13.2. The van der Waals surface area contributed by atoms with E-state index < -0.39 is 10.0 Å². The van der Waals surface area contributed by atoms with E-state index in [-0.39, 0.29) is 11.8 Å². The summed E-state index contributed by atoms with van der Waals surface area (Å²) in [4.78, 5) is 19.9. The first-order valence-corrected chi connectivity index (χ1v) is 13.5. The number of hydrogen-bond donors (Lipinski definition) is 0. The van der Waals surface area contributed by atoms with Gasteiger partial charge in [0.15, 0.2) is 0 Å². The summed E-state index contributed by atoms with van der Waals surface area (Å²) >= 11 is 0. The molecule has 1 aliphatic rings. The number of amides is 1. The van der Waals surface area contributed by atoms with Crippen LogP contribution in [-0.4, -0.2) is 53.2 Å². The fourth-order valence-corrected chi connectivity index (χ4v) is 6.19. The molecule has 1 saturated heterocycles. The Kier molecular flexibility index (Phi) is 7.09. The van der Waals surface area contributed by atoms with Gasteiger partial charge in [-0.1, -0.05) is 38.1 Å². The molecule has 182 valence electrons.